The number of alkyl halides is 2. The summed E-state index contributed by atoms with van der Waals surface area (Å²) in [6, 6.07) is 2.63. The predicted octanol–water partition coefficient (Wildman–Crippen LogP) is 4.11. The fourth-order valence-corrected chi connectivity index (χ4v) is 5.13. The van der Waals surface area contributed by atoms with Gasteiger partial charge in [-0.15, -0.1) is 5.10 Å². The Bertz CT molecular complexity index is 1340. The van der Waals surface area contributed by atoms with Crippen LogP contribution >= 0.6 is 11.6 Å². The summed E-state index contributed by atoms with van der Waals surface area (Å²) in [4.78, 5) is 20.7. The van der Waals surface area contributed by atoms with Gasteiger partial charge < -0.3 is 31.2 Å². The van der Waals surface area contributed by atoms with Gasteiger partial charge in [0.05, 0.1) is 41.9 Å². The molecule has 3 atom stereocenters. The number of imidazole rings is 1. The van der Waals surface area contributed by atoms with Crippen LogP contribution in [0.1, 0.15) is 54.8 Å². The molecule has 2 fully saturated rings. The Hall–Kier alpha value is -3.29. The van der Waals surface area contributed by atoms with E-state index in [4.69, 9.17) is 26.8 Å². The summed E-state index contributed by atoms with van der Waals surface area (Å²) in [6.45, 7) is 0.204. The van der Waals surface area contributed by atoms with Crippen molar-refractivity contribution < 1.29 is 23.0 Å². The number of hydrogen-bond donors (Lipinski definition) is 4. The molecule has 1 unspecified atom stereocenters. The first-order chi connectivity index (χ1) is 18.3. The maximum atomic E-state index is 14.0. The van der Waals surface area contributed by atoms with E-state index in [0.29, 0.717) is 41.6 Å². The van der Waals surface area contributed by atoms with Crippen molar-refractivity contribution >= 4 is 40.8 Å². The van der Waals surface area contributed by atoms with Gasteiger partial charge >= 0.3 is 6.09 Å². The van der Waals surface area contributed by atoms with Gasteiger partial charge in [0.15, 0.2) is 11.5 Å². The summed E-state index contributed by atoms with van der Waals surface area (Å²) in [6.07, 6.45) is 0.917. The van der Waals surface area contributed by atoms with Crippen LogP contribution in [-0.2, 0) is 16.0 Å². The monoisotopic (exact) mass is 550 g/mol. The zero-order valence-electron chi connectivity index (χ0n) is 20.9. The summed E-state index contributed by atoms with van der Waals surface area (Å²) in [5.41, 5.74) is 7.60. The van der Waals surface area contributed by atoms with Crippen molar-refractivity contribution in [2.75, 3.05) is 24.9 Å². The molecule has 1 amide bonds. The van der Waals surface area contributed by atoms with Crippen LogP contribution in [0.5, 0.6) is 0 Å². The van der Waals surface area contributed by atoms with Crippen LogP contribution in [-0.4, -0.2) is 58.1 Å². The van der Waals surface area contributed by atoms with Crippen LogP contribution in [0.2, 0.25) is 5.02 Å². The Balaban J connectivity index is 1.50. The number of carbonyl (C=O) groups excluding carboxylic acids is 1. The normalized spacial score (nSPS) is 21.2. The van der Waals surface area contributed by atoms with Crippen LogP contribution in [0.25, 0.3) is 5.65 Å². The molecule has 0 radical (unpaired) electrons. The van der Waals surface area contributed by atoms with Gasteiger partial charge in [-0.2, -0.15) is 4.98 Å². The van der Waals surface area contributed by atoms with E-state index in [1.54, 1.807) is 10.7 Å². The first-order valence-electron chi connectivity index (χ1n) is 12.3. The number of ether oxygens (including phenoxy) is 2. The summed E-state index contributed by atoms with van der Waals surface area (Å²) in [5.74, 6) is 0.419. The number of fused-ring (bicyclic) bond motifs is 1. The van der Waals surface area contributed by atoms with E-state index in [0.717, 1.165) is 12.8 Å². The minimum atomic E-state index is -2.73. The lowest BCUT2D eigenvalue weighted by atomic mass is 9.94. The van der Waals surface area contributed by atoms with E-state index >= 15 is 0 Å². The van der Waals surface area contributed by atoms with Crippen molar-refractivity contribution in [2.24, 2.45) is 5.73 Å². The molecule has 5 N–H and O–H groups in total. The number of hydrogen-bond acceptors (Lipinski definition) is 9. The summed E-state index contributed by atoms with van der Waals surface area (Å²) in [7, 11) is 2.81. The third kappa shape index (κ3) is 5.31. The van der Waals surface area contributed by atoms with Gasteiger partial charge in [0.1, 0.15) is 0 Å². The molecule has 14 heteroatoms. The summed E-state index contributed by atoms with van der Waals surface area (Å²) >= 11 is 6.81. The molecule has 2 saturated carbocycles. The van der Waals surface area contributed by atoms with Crippen LogP contribution in [0, 0.1) is 0 Å². The Morgan fingerprint density at radius 2 is 2.08 bits per heavy atom. The molecule has 204 valence electrons. The third-order valence-corrected chi connectivity index (χ3v) is 7.34. The molecule has 11 nitrogen and oxygen atoms in total. The number of carbonyl (C=O) groups is 1. The maximum absolute atomic E-state index is 14.0. The molecule has 2 heterocycles. The minimum Gasteiger partial charge on any atom is -0.453 e. The highest BCUT2D eigenvalue weighted by molar-refractivity contribution is 6.34. The molecule has 2 aliphatic rings. The van der Waals surface area contributed by atoms with Crippen molar-refractivity contribution in [1.82, 2.24) is 24.9 Å². The molecule has 0 spiro atoms. The Kier molecular flexibility index (Phi) is 7.50. The van der Waals surface area contributed by atoms with Crippen molar-refractivity contribution in [1.29, 1.82) is 0 Å². The number of benzene rings is 1. The van der Waals surface area contributed by atoms with Crippen molar-refractivity contribution in [3.05, 3.63) is 40.2 Å². The minimum absolute atomic E-state index is 0.152. The third-order valence-electron chi connectivity index (χ3n) is 6.92. The standard InChI is InChI=1S/C24H29ClF2N8O3/c1-37-18-8-11(6-16(18)32-24(36)38-2)15-5-12(20(26)27)7-17(19(15)25)31-23-33-21(30-13-3-4-13)22-29-10-14(9-28)35(22)34-23/h5,7,10-11,13,16,18,20H,3-4,6,8-9,28H2,1-2H3,(H,32,36)(H2,30,31,33,34)/t11?,16-,18+/m0/s1. The lowest BCUT2D eigenvalue weighted by Gasteiger charge is -2.19. The van der Waals surface area contributed by atoms with Crippen molar-refractivity contribution in [3.63, 3.8) is 0 Å². The molecule has 5 rings (SSSR count). The van der Waals surface area contributed by atoms with Crippen molar-refractivity contribution in [3.8, 4) is 0 Å². The second kappa shape index (κ2) is 10.8. The van der Waals surface area contributed by atoms with E-state index in [2.05, 4.69) is 31.0 Å². The van der Waals surface area contributed by atoms with Crippen molar-refractivity contribution in [2.45, 2.75) is 62.8 Å². The van der Waals surface area contributed by atoms with E-state index < -0.39 is 12.5 Å². The number of rotatable bonds is 9. The lowest BCUT2D eigenvalue weighted by molar-refractivity contribution is 0.0808. The fourth-order valence-electron chi connectivity index (χ4n) is 4.82. The van der Waals surface area contributed by atoms with Crippen LogP contribution < -0.4 is 21.7 Å². The summed E-state index contributed by atoms with van der Waals surface area (Å²) in [5, 5.41) is 13.9. The number of nitrogens with zero attached hydrogens (tertiary/aromatic N) is 4. The fraction of sp³-hybridized carbons (Fsp3) is 0.500. The van der Waals surface area contributed by atoms with Gasteiger partial charge in [0.2, 0.25) is 5.95 Å². The molecule has 2 aliphatic carbocycles. The first-order valence-corrected chi connectivity index (χ1v) is 12.7. The zero-order chi connectivity index (χ0) is 27.0. The highest BCUT2D eigenvalue weighted by Crippen LogP contribution is 2.44. The second-order valence-electron chi connectivity index (χ2n) is 9.47. The number of methoxy groups -OCH3 is 2. The Morgan fingerprint density at radius 3 is 2.74 bits per heavy atom. The SMILES string of the molecule is COC(=O)N[C@H]1CC(c2cc(C(F)F)cc(Nc3nc(NC4CC4)c4ncc(CN)n4n3)c2Cl)C[C@H]1OC. The van der Waals surface area contributed by atoms with E-state index in [-0.39, 0.29) is 46.8 Å². The maximum Gasteiger partial charge on any atom is 0.407 e. The molecule has 0 saturated heterocycles. The van der Waals surface area contributed by atoms with E-state index in [9.17, 15) is 13.6 Å². The number of aromatic nitrogens is 4. The number of amides is 1. The van der Waals surface area contributed by atoms with E-state index in [1.807, 2.05) is 0 Å². The average molecular weight is 551 g/mol. The Labute approximate surface area is 222 Å². The molecule has 1 aromatic carbocycles. The molecule has 2 aromatic heterocycles. The van der Waals surface area contributed by atoms with Gasteiger partial charge in [-0.05, 0) is 49.3 Å². The molecular weight excluding hydrogens is 522 g/mol. The number of halogens is 3. The molecule has 0 aliphatic heterocycles. The molecule has 38 heavy (non-hydrogen) atoms. The Morgan fingerprint density at radius 1 is 1.29 bits per heavy atom. The smallest absolute Gasteiger partial charge is 0.407 e. The van der Waals surface area contributed by atoms with Gasteiger partial charge in [-0.1, -0.05) is 11.6 Å². The molecule has 3 aromatic rings. The van der Waals surface area contributed by atoms with Gasteiger partial charge in [0, 0.05) is 25.3 Å². The molecular formula is C24H29ClF2N8O3. The topological polar surface area (TPSA) is 141 Å². The highest BCUT2D eigenvalue weighted by Gasteiger charge is 2.38. The second-order valence-corrected chi connectivity index (χ2v) is 9.85. The quantitative estimate of drug-likeness (QED) is 0.310. The number of nitrogens with one attached hydrogen (secondary N) is 3. The van der Waals surface area contributed by atoms with Gasteiger partial charge in [-0.3, -0.25) is 0 Å². The number of anilines is 3. The molecule has 0 bridgehead atoms. The largest absolute Gasteiger partial charge is 0.453 e. The number of nitrogens with two attached hydrogens (primary N) is 1. The first kappa shape index (κ1) is 26.3. The van der Waals surface area contributed by atoms with Crippen LogP contribution in [0.15, 0.2) is 18.3 Å². The zero-order valence-corrected chi connectivity index (χ0v) is 21.6. The van der Waals surface area contributed by atoms with Crippen LogP contribution in [0.3, 0.4) is 0 Å². The number of alkyl carbamates (subject to hydrolysis) is 1. The van der Waals surface area contributed by atoms with Gasteiger partial charge in [0.25, 0.3) is 6.43 Å². The lowest BCUT2D eigenvalue weighted by Crippen LogP contribution is -2.40. The highest BCUT2D eigenvalue weighted by atomic mass is 35.5. The van der Waals surface area contributed by atoms with Gasteiger partial charge in [-0.25, -0.2) is 23.1 Å². The van der Waals surface area contributed by atoms with E-state index in [1.165, 1.54) is 26.4 Å². The summed E-state index contributed by atoms with van der Waals surface area (Å²) < 4.78 is 39.8. The predicted molar refractivity (Wildman–Crippen MR) is 137 cm³/mol. The average Bonchev–Trinajstić information content (AvgIpc) is 3.47. The van der Waals surface area contributed by atoms with Crippen LogP contribution in [0.4, 0.5) is 31.0 Å².